The molecule has 0 aromatic heterocycles. The molecule has 0 fully saturated rings. The molecule has 1 aliphatic heterocycles. The van der Waals surface area contributed by atoms with Crippen LogP contribution in [0, 0.1) is 0 Å². The lowest BCUT2D eigenvalue weighted by Gasteiger charge is -2.31. The lowest BCUT2D eigenvalue weighted by atomic mass is 10.1. The summed E-state index contributed by atoms with van der Waals surface area (Å²) in [5.74, 6) is 0.690. The van der Waals surface area contributed by atoms with E-state index in [9.17, 15) is 9.59 Å². The first-order chi connectivity index (χ1) is 10.8. The number of thioether (sulfide) groups is 1. The summed E-state index contributed by atoms with van der Waals surface area (Å²) in [6.45, 7) is 4.69. The minimum atomic E-state index is -0.789. The molecular formula is C15H19N3O4S. The molecule has 23 heavy (non-hydrogen) atoms. The van der Waals surface area contributed by atoms with E-state index < -0.39 is 4.87 Å². The summed E-state index contributed by atoms with van der Waals surface area (Å²) in [6, 6.07) is 5.42. The van der Waals surface area contributed by atoms with Gasteiger partial charge in [-0.25, -0.2) is 5.01 Å². The second-order valence-electron chi connectivity index (χ2n) is 5.07. The highest BCUT2D eigenvalue weighted by atomic mass is 32.2. The molecule has 2 rings (SSSR count). The molecule has 1 aromatic carbocycles. The third-order valence-corrected chi connectivity index (χ3v) is 4.57. The average Bonchev–Trinajstić information content (AvgIpc) is 2.83. The second kappa shape index (κ2) is 6.49. The largest absolute Gasteiger partial charge is 0.493 e. The quantitative estimate of drug-likeness (QED) is 0.911. The minimum absolute atomic E-state index is 0.227. The van der Waals surface area contributed by atoms with Gasteiger partial charge >= 0.3 is 0 Å². The fourth-order valence-corrected chi connectivity index (χ4v) is 3.51. The van der Waals surface area contributed by atoms with Gasteiger partial charge in [0, 0.05) is 13.8 Å². The number of methoxy groups -OCH3 is 2. The Kier molecular flexibility index (Phi) is 4.84. The van der Waals surface area contributed by atoms with Gasteiger partial charge in [0.15, 0.2) is 16.7 Å². The normalized spacial score (nSPS) is 20.0. The number of benzene rings is 1. The molecule has 1 N–H and O–H groups in total. The number of nitrogens with zero attached hydrogens (tertiary/aromatic N) is 2. The van der Waals surface area contributed by atoms with Crippen molar-refractivity contribution in [3.8, 4) is 11.5 Å². The van der Waals surface area contributed by atoms with Crippen molar-refractivity contribution >= 4 is 28.7 Å². The van der Waals surface area contributed by atoms with E-state index in [1.165, 1.54) is 30.6 Å². The maximum absolute atomic E-state index is 12.0. The topological polar surface area (TPSA) is 80.2 Å². The van der Waals surface area contributed by atoms with Crippen LogP contribution in [0.4, 0.5) is 0 Å². The van der Waals surface area contributed by atoms with Crippen molar-refractivity contribution in [2.75, 3.05) is 14.2 Å². The summed E-state index contributed by atoms with van der Waals surface area (Å²) in [4.78, 5) is 22.5. The van der Waals surface area contributed by atoms with Gasteiger partial charge in [-0.05, 0) is 24.6 Å². The Morgan fingerprint density at radius 1 is 1.22 bits per heavy atom. The summed E-state index contributed by atoms with van der Waals surface area (Å²) >= 11 is 1.29. The lowest BCUT2D eigenvalue weighted by Crippen LogP contribution is -2.37. The molecule has 0 spiro atoms. The molecule has 7 nitrogen and oxygen atoms in total. The van der Waals surface area contributed by atoms with Crippen molar-refractivity contribution in [2.45, 2.75) is 25.6 Å². The van der Waals surface area contributed by atoms with Crippen molar-refractivity contribution < 1.29 is 19.1 Å². The highest BCUT2D eigenvalue weighted by molar-refractivity contribution is 8.14. The smallest absolute Gasteiger partial charge is 0.241 e. The molecule has 1 aromatic rings. The molecule has 0 saturated carbocycles. The second-order valence-corrected chi connectivity index (χ2v) is 6.46. The zero-order valence-electron chi connectivity index (χ0n) is 13.7. The fourth-order valence-electron chi connectivity index (χ4n) is 2.32. The Hall–Kier alpha value is -2.22. The first kappa shape index (κ1) is 17.1. The molecule has 0 unspecified atom stereocenters. The van der Waals surface area contributed by atoms with E-state index in [-0.39, 0.29) is 11.8 Å². The van der Waals surface area contributed by atoms with Crippen LogP contribution in [0.2, 0.25) is 0 Å². The maximum atomic E-state index is 12.0. The van der Waals surface area contributed by atoms with Crippen LogP contribution in [0.1, 0.15) is 26.3 Å². The Morgan fingerprint density at radius 2 is 1.87 bits per heavy atom. The van der Waals surface area contributed by atoms with Crippen LogP contribution < -0.4 is 14.8 Å². The summed E-state index contributed by atoms with van der Waals surface area (Å²) in [7, 11) is 3.11. The molecule has 124 valence electrons. The summed E-state index contributed by atoms with van der Waals surface area (Å²) in [6.07, 6.45) is 0. The van der Waals surface area contributed by atoms with Gasteiger partial charge in [0.05, 0.1) is 14.2 Å². The van der Waals surface area contributed by atoms with Crippen LogP contribution in [0.15, 0.2) is 23.3 Å². The van der Waals surface area contributed by atoms with Gasteiger partial charge in [-0.1, -0.05) is 17.8 Å². The first-order valence-corrected chi connectivity index (χ1v) is 7.72. The molecule has 1 aliphatic rings. The van der Waals surface area contributed by atoms with Gasteiger partial charge in [-0.2, -0.15) is 0 Å². The Bertz CT molecular complexity index is 677. The Morgan fingerprint density at radius 3 is 2.39 bits per heavy atom. The monoisotopic (exact) mass is 337 g/mol. The number of hydrogen-bond donors (Lipinski definition) is 1. The van der Waals surface area contributed by atoms with E-state index in [2.05, 4.69) is 10.4 Å². The van der Waals surface area contributed by atoms with Gasteiger partial charge in [0.2, 0.25) is 11.8 Å². The van der Waals surface area contributed by atoms with E-state index in [0.29, 0.717) is 16.7 Å². The van der Waals surface area contributed by atoms with Crippen molar-refractivity contribution in [1.29, 1.82) is 0 Å². The molecule has 0 radical (unpaired) electrons. The van der Waals surface area contributed by atoms with Crippen molar-refractivity contribution in [3.05, 3.63) is 23.8 Å². The molecule has 0 bridgehead atoms. The predicted molar refractivity (Wildman–Crippen MR) is 88.3 cm³/mol. The molecule has 0 aliphatic carbocycles. The number of rotatable bonds is 3. The number of amides is 2. The van der Waals surface area contributed by atoms with E-state index in [0.717, 1.165) is 5.56 Å². The van der Waals surface area contributed by atoms with Crippen LogP contribution in [0.25, 0.3) is 0 Å². The molecule has 1 heterocycles. The standard InChI is InChI=1S/C15H19N3O4S/c1-9(19)16-14-17-18(10(2)20)15(3,23-14)11-6-7-12(21-4)13(8-11)22-5/h6-8H,1-5H3,(H,16,17,19)/t15-/m0/s1. The Labute approximate surface area is 139 Å². The summed E-state index contributed by atoms with van der Waals surface area (Å²) < 4.78 is 10.6. The number of carbonyl (C=O) groups excluding carboxylic acids is 2. The number of carbonyl (C=O) groups is 2. The number of amidine groups is 1. The minimum Gasteiger partial charge on any atom is -0.493 e. The third kappa shape index (κ3) is 3.26. The van der Waals surface area contributed by atoms with E-state index in [4.69, 9.17) is 9.47 Å². The molecule has 1 atom stereocenters. The van der Waals surface area contributed by atoms with Gasteiger partial charge in [-0.15, -0.1) is 5.10 Å². The number of hydrogen-bond acceptors (Lipinski definition) is 6. The van der Waals surface area contributed by atoms with Crippen molar-refractivity contribution in [3.63, 3.8) is 0 Å². The predicted octanol–water partition coefficient (Wildman–Crippen LogP) is 1.88. The summed E-state index contributed by atoms with van der Waals surface area (Å²) in [5.41, 5.74) is 0.805. The molecule has 8 heteroatoms. The van der Waals surface area contributed by atoms with Gasteiger partial charge in [-0.3, -0.25) is 9.59 Å². The lowest BCUT2D eigenvalue weighted by molar-refractivity contribution is -0.131. The zero-order chi connectivity index (χ0) is 17.2. The van der Waals surface area contributed by atoms with Crippen molar-refractivity contribution in [2.24, 2.45) is 5.10 Å². The maximum Gasteiger partial charge on any atom is 0.241 e. The van der Waals surface area contributed by atoms with Gasteiger partial charge < -0.3 is 14.8 Å². The van der Waals surface area contributed by atoms with Gasteiger partial charge in [0.25, 0.3) is 0 Å². The summed E-state index contributed by atoms with van der Waals surface area (Å²) in [5, 5.41) is 8.57. The van der Waals surface area contributed by atoms with E-state index in [1.54, 1.807) is 26.4 Å². The van der Waals surface area contributed by atoms with E-state index in [1.807, 2.05) is 13.0 Å². The molecule has 0 saturated heterocycles. The average molecular weight is 337 g/mol. The van der Waals surface area contributed by atoms with Crippen LogP contribution >= 0.6 is 11.8 Å². The van der Waals surface area contributed by atoms with Crippen molar-refractivity contribution in [1.82, 2.24) is 10.3 Å². The number of ether oxygens (including phenoxy) is 2. The SMILES string of the molecule is COc1ccc([C@]2(C)SC(NC(C)=O)=NN2C(C)=O)cc1OC. The van der Waals surface area contributed by atoms with E-state index >= 15 is 0 Å². The molecular weight excluding hydrogens is 318 g/mol. The fraction of sp³-hybridized carbons (Fsp3) is 0.400. The number of hydrazone groups is 1. The number of nitrogens with one attached hydrogen (secondary N) is 1. The zero-order valence-corrected chi connectivity index (χ0v) is 14.5. The Balaban J connectivity index is 2.43. The van der Waals surface area contributed by atoms with Crippen LogP contribution in [0.3, 0.4) is 0 Å². The third-order valence-electron chi connectivity index (χ3n) is 3.39. The highest BCUT2D eigenvalue weighted by Gasteiger charge is 2.44. The van der Waals surface area contributed by atoms with Crippen LogP contribution in [-0.2, 0) is 14.5 Å². The first-order valence-electron chi connectivity index (χ1n) is 6.90. The van der Waals surface area contributed by atoms with Crippen LogP contribution in [0.5, 0.6) is 11.5 Å². The van der Waals surface area contributed by atoms with Crippen LogP contribution in [-0.4, -0.2) is 36.2 Å². The molecule has 2 amide bonds. The highest BCUT2D eigenvalue weighted by Crippen LogP contribution is 2.46. The van der Waals surface area contributed by atoms with Gasteiger partial charge in [0.1, 0.15) is 4.87 Å².